The Morgan fingerprint density at radius 2 is 1.22 bits per heavy atom. The zero-order valence-electron chi connectivity index (χ0n) is 20.3. The summed E-state index contributed by atoms with van der Waals surface area (Å²) in [6.07, 6.45) is -2.48. The Morgan fingerprint density at radius 3 is 1.73 bits per heavy atom. The van der Waals surface area contributed by atoms with Gasteiger partial charge >= 0.3 is 5.97 Å². The fourth-order valence-electron chi connectivity index (χ4n) is 4.10. The standard InChI is InChI=1S/C29H30BrClO6/c30-29-28(37-25(32)16-31)27(35-19-23-14-8-3-9-15-23)26(34-18-22-12-6-2-7-13-22)24(36-29)20-33-17-21-10-4-1-5-11-21/h1-15,24,26-29H,16-20H2/t24-,26-,27+,28-,29+/m1/s1. The number of carbonyl (C=O) groups excluding carboxylic acids is 1. The van der Waals surface area contributed by atoms with Gasteiger partial charge in [0.25, 0.3) is 0 Å². The second kappa shape index (κ2) is 14.6. The van der Waals surface area contributed by atoms with Gasteiger partial charge in [-0.05, 0) is 16.7 Å². The Labute approximate surface area is 230 Å². The number of hydrogen-bond donors (Lipinski definition) is 0. The summed E-state index contributed by atoms with van der Waals surface area (Å²) in [7, 11) is 0. The maximum absolute atomic E-state index is 12.2. The number of carbonyl (C=O) groups is 1. The molecule has 3 aromatic rings. The van der Waals surface area contributed by atoms with Gasteiger partial charge in [-0.15, -0.1) is 11.6 Å². The molecule has 1 aliphatic heterocycles. The average molecular weight is 590 g/mol. The molecule has 37 heavy (non-hydrogen) atoms. The number of esters is 1. The lowest BCUT2D eigenvalue weighted by molar-refractivity contribution is -0.247. The van der Waals surface area contributed by atoms with Gasteiger partial charge in [0.15, 0.2) is 11.1 Å². The van der Waals surface area contributed by atoms with E-state index in [4.69, 9.17) is 35.3 Å². The van der Waals surface area contributed by atoms with Crippen molar-refractivity contribution in [3.8, 4) is 0 Å². The number of hydrogen-bond acceptors (Lipinski definition) is 6. The second-order valence-corrected chi connectivity index (χ2v) is 9.81. The van der Waals surface area contributed by atoms with Gasteiger partial charge in [-0.2, -0.15) is 0 Å². The molecule has 0 amide bonds. The van der Waals surface area contributed by atoms with Crippen LogP contribution in [-0.4, -0.2) is 47.9 Å². The van der Waals surface area contributed by atoms with Gasteiger partial charge in [0, 0.05) is 0 Å². The van der Waals surface area contributed by atoms with E-state index in [-0.39, 0.29) is 12.5 Å². The first-order chi connectivity index (χ1) is 18.1. The minimum absolute atomic E-state index is 0.262. The van der Waals surface area contributed by atoms with Gasteiger partial charge in [0.05, 0.1) is 26.4 Å². The molecule has 1 heterocycles. The molecule has 5 atom stereocenters. The summed E-state index contributed by atoms with van der Waals surface area (Å²) in [6, 6.07) is 29.6. The van der Waals surface area contributed by atoms with Crippen LogP contribution in [0.1, 0.15) is 16.7 Å². The van der Waals surface area contributed by atoms with Crippen LogP contribution in [-0.2, 0) is 48.3 Å². The number of halogens is 2. The molecule has 1 fully saturated rings. The highest BCUT2D eigenvalue weighted by Gasteiger charge is 2.48. The molecule has 0 aromatic heterocycles. The maximum atomic E-state index is 12.2. The van der Waals surface area contributed by atoms with Crippen LogP contribution in [0.3, 0.4) is 0 Å². The number of ether oxygens (including phenoxy) is 5. The van der Waals surface area contributed by atoms with Gasteiger partial charge in [0.1, 0.15) is 24.2 Å². The molecule has 3 aromatic carbocycles. The molecule has 6 nitrogen and oxygen atoms in total. The largest absolute Gasteiger partial charge is 0.455 e. The van der Waals surface area contributed by atoms with E-state index in [0.717, 1.165) is 16.7 Å². The van der Waals surface area contributed by atoms with Crippen LogP contribution in [0.4, 0.5) is 0 Å². The predicted molar refractivity (Wildman–Crippen MR) is 144 cm³/mol. The van der Waals surface area contributed by atoms with E-state index in [1.54, 1.807) is 0 Å². The van der Waals surface area contributed by atoms with Crippen molar-refractivity contribution in [2.75, 3.05) is 12.5 Å². The van der Waals surface area contributed by atoms with Crippen molar-refractivity contribution in [2.45, 2.75) is 49.2 Å². The Balaban J connectivity index is 1.54. The lowest BCUT2D eigenvalue weighted by Gasteiger charge is -2.44. The third kappa shape index (κ3) is 8.37. The first-order valence-electron chi connectivity index (χ1n) is 12.1. The van der Waals surface area contributed by atoms with E-state index in [1.165, 1.54) is 0 Å². The van der Waals surface area contributed by atoms with Crippen molar-refractivity contribution in [2.24, 2.45) is 0 Å². The molecule has 8 heteroatoms. The van der Waals surface area contributed by atoms with Gasteiger partial charge in [-0.3, -0.25) is 4.79 Å². The van der Waals surface area contributed by atoms with Crippen molar-refractivity contribution in [3.05, 3.63) is 108 Å². The van der Waals surface area contributed by atoms with E-state index >= 15 is 0 Å². The molecule has 0 N–H and O–H groups in total. The third-order valence-corrected chi connectivity index (χ3v) is 6.87. The predicted octanol–water partition coefficient (Wildman–Crippen LogP) is 5.64. The van der Waals surface area contributed by atoms with Crippen molar-refractivity contribution >= 4 is 33.5 Å². The summed E-state index contributed by atoms with van der Waals surface area (Å²) in [6.45, 7) is 1.33. The zero-order chi connectivity index (χ0) is 25.9. The van der Waals surface area contributed by atoms with Gasteiger partial charge in [0.2, 0.25) is 0 Å². The highest BCUT2D eigenvalue weighted by molar-refractivity contribution is 9.09. The summed E-state index contributed by atoms with van der Waals surface area (Å²) in [4.78, 5) is 12.2. The molecule has 0 radical (unpaired) electrons. The van der Waals surface area contributed by atoms with E-state index in [1.807, 2.05) is 91.0 Å². The molecular weight excluding hydrogens is 560 g/mol. The highest BCUT2D eigenvalue weighted by Crippen LogP contribution is 2.32. The second-order valence-electron chi connectivity index (χ2n) is 8.64. The van der Waals surface area contributed by atoms with Crippen molar-refractivity contribution in [3.63, 3.8) is 0 Å². The van der Waals surface area contributed by atoms with Crippen LogP contribution in [0.25, 0.3) is 0 Å². The first-order valence-corrected chi connectivity index (χ1v) is 13.6. The Kier molecular flexibility index (Phi) is 11.0. The van der Waals surface area contributed by atoms with E-state index in [0.29, 0.717) is 19.8 Å². The topological polar surface area (TPSA) is 63.2 Å². The molecule has 0 bridgehead atoms. The number of alkyl halides is 2. The number of benzene rings is 3. The summed E-state index contributed by atoms with van der Waals surface area (Å²) in [5.41, 5.74) is 3.05. The Hall–Kier alpha value is -2.26. The molecule has 1 saturated heterocycles. The lowest BCUT2D eigenvalue weighted by atomic mass is 9.99. The first kappa shape index (κ1) is 27.8. The van der Waals surface area contributed by atoms with Gasteiger partial charge < -0.3 is 23.7 Å². The van der Waals surface area contributed by atoms with Gasteiger partial charge in [-0.25, -0.2) is 0 Å². The summed E-state index contributed by atoms with van der Waals surface area (Å²) >= 11 is 9.30. The third-order valence-electron chi connectivity index (χ3n) is 5.92. The normalized spacial score (nSPS) is 23.5. The number of rotatable bonds is 12. The van der Waals surface area contributed by atoms with Crippen LogP contribution >= 0.6 is 27.5 Å². The van der Waals surface area contributed by atoms with E-state index < -0.39 is 35.4 Å². The fraction of sp³-hybridized carbons (Fsp3) is 0.345. The van der Waals surface area contributed by atoms with Crippen LogP contribution in [0, 0.1) is 0 Å². The van der Waals surface area contributed by atoms with E-state index in [9.17, 15) is 4.79 Å². The summed E-state index contributed by atoms with van der Waals surface area (Å²) in [5, 5.41) is -0.637. The Bertz CT molecular complexity index is 1070. The SMILES string of the molecule is O=C(CCl)O[C@@H]1[C@@H](OCc2ccccc2)[C@H](OCc2ccccc2)[C@@H](COCc2ccccc2)O[C@@H]1Br. The molecule has 1 aliphatic rings. The average Bonchev–Trinajstić information content (AvgIpc) is 2.94. The minimum atomic E-state index is -0.777. The van der Waals surface area contributed by atoms with Crippen LogP contribution in [0.5, 0.6) is 0 Å². The summed E-state index contributed by atoms with van der Waals surface area (Å²) < 4.78 is 30.7. The zero-order valence-corrected chi connectivity index (χ0v) is 22.6. The molecular formula is C29H30BrClO6. The molecule has 0 unspecified atom stereocenters. The van der Waals surface area contributed by atoms with Crippen LogP contribution in [0.15, 0.2) is 91.0 Å². The Morgan fingerprint density at radius 1 is 0.730 bits per heavy atom. The molecule has 196 valence electrons. The molecule has 0 spiro atoms. The summed E-state index contributed by atoms with van der Waals surface area (Å²) in [5.74, 6) is -0.838. The highest BCUT2D eigenvalue weighted by atomic mass is 79.9. The van der Waals surface area contributed by atoms with Crippen LogP contribution < -0.4 is 0 Å². The minimum Gasteiger partial charge on any atom is -0.455 e. The van der Waals surface area contributed by atoms with Crippen molar-refractivity contribution in [1.82, 2.24) is 0 Å². The quantitative estimate of drug-likeness (QED) is 0.201. The smallest absolute Gasteiger partial charge is 0.321 e. The van der Waals surface area contributed by atoms with Crippen molar-refractivity contribution < 1.29 is 28.5 Å². The van der Waals surface area contributed by atoms with E-state index in [2.05, 4.69) is 15.9 Å². The van der Waals surface area contributed by atoms with Crippen LogP contribution in [0.2, 0.25) is 0 Å². The maximum Gasteiger partial charge on any atom is 0.321 e. The molecule has 0 aliphatic carbocycles. The molecule has 4 rings (SSSR count). The molecule has 0 saturated carbocycles. The fourth-order valence-corrected chi connectivity index (χ4v) is 4.85. The van der Waals surface area contributed by atoms with Crippen molar-refractivity contribution in [1.29, 1.82) is 0 Å². The van der Waals surface area contributed by atoms with Gasteiger partial charge in [-0.1, -0.05) is 107 Å². The monoisotopic (exact) mass is 588 g/mol. The lowest BCUT2D eigenvalue weighted by Crippen LogP contribution is -2.60.